The van der Waals surface area contributed by atoms with Crippen LogP contribution in [-0.2, 0) is 0 Å². The largest absolute Gasteiger partial charge is 0.354 e. The molecule has 0 fully saturated rings. The summed E-state index contributed by atoms with van der Waals surface area (Å²) < 4.78 is 26.1. The Morgan fingerprint density at radius 3 is 1.52 bits per heavy atom. The Hall–Kier alpha value is -3.39. The molecule has 3 nitrogen and oxygen atoms in total. The molecule has 3 aromatic carbocycles. The van der Waals surface area contributed by atoms with Crippen LogP contribution in [0, 0.1) is 29.9 Å². The third-order valence-corrected chi connectivity index (χ3v) is 3.64. The predicted octanol–water partition coefficient (Wildman–Crippen LogP) is 5.63. The van der Waals surface area contributed by atoms with Gasteiger partial charge in [-0.05, 0) is 73.2 Å². The van der Waals surface area contributed by atoms with Crippen molar-refractivity contribution in [1.29, 1.82) is 5.26 Å². The highest BCUT2D eigenvalue weighted by Crippen LogP contribution is 2.30. The lowest BCUT2D eigenvalue weighted by Crippen LogP contribution is -2.00. The Morgan fingerprint density at radius 2 is 1.16 bits per heavy atom. The molecule has 0 heterocycles. The van der Waals surface area contributed by atoms with E-state index in [0.29, 0.717) is 28.3 Å². The van der Waals surface area contributed by atoms with Crippen LogP contribution < -0.4 is 10.6 Å². The van der Waals surface area contributed by atoms with Gasteiger partial charge in [-0.1, -0.05) is 0 Å². The number of aryl methyl sites for hydroxylation is 1. The Kier molecular flexibility index (Phi) is 4.62. The smallest absolute Gasteiger partial charge is 0.123 e. The molecular weight excluding hydrogens is 320 g/mol. The standard InChI is InChI=1S/C20H15F2N3/c1-13-10-19(24-16-6-2-14(21)3-7-16)18(12-23)20(11-13)25-17-8-4-15(22)5-9-17/h2-11,24-25H,1H3. The van der Waals surface area contributed by atoms with Crippen molar-refractivity contribution in [2.24, 2.45) is 0 Å². The first-order valence-electron chi connectivity index (χ1n) is 7.65. The molecule has 0 aromatic heterocycles. The summed E-state index contributed by atoms with van der Waals surface area (Å²) in [6.45, 7) is 1.91. The van der Waals surface area contributed by atoms with E-state index < -0.39 is 0 Å². The highest BCUT2D eigenvalue weighted by molar-refractivity contribution is 5.79. The van der Waals surface area contributed by atoms with Gasteiger partial charge in [0.15, 0.2) is 0 Å². The van der Waals surface area contributed by atoms with Crippen molar-refractivity contribution in [2.45, 2.75) is 6.92 Å². The van der Waals surface area contributed by atoms with E-state index in [1.165, 1.54) is 24.3 Å². The maximum atomic E-state index is 13.1. The third kappa shape index (κ3) is 3.93. The molecule has 0 saturated carbocycles. The summed E-state index contributed by atoms with van der Waals surface area (Å²) in [5, 5.41) is 15.9. The van der Waals surface area contributed by atoms with E-state index in [2.05, 4.69) is 16.7 Å². The van der Waals surface area contributed by atoms with Crippen molar-refractivity contribution in [3.8, 4) is 6.07 Å². The highest BCUT2D eigenvalue weighted by atomic mass is 19.1. The van der Waals surface area contributed by atoms with E-state index in [-0.39, 0.29) is 11.6 Å². The van der Waals surface area contributed by atoms with Crippen LogP contribution in [0.15, 0.2) is 60.7 Å². The molecule has 0 saturated heterocycles. The Morgan fingerprint density at radius 1 is 0.760 bits per heavy atom. The molecular formula is C20H15F2N3. The van der Waals surface area contributed by atoms with E-state index in [4.69, 9.17) is 0 Å². The van der Waals surface area contributed by atoms with Crippen LogP contribution in [0.25, 0.3) is 0 Å². The van der Waals surface area contributed by atoms with Crippen molar-refractivity contribution in [3.05, 3.63) is 83.4 Å². The number of rotatable bonds is 4. The second-order valence-electron chi connectivity index (χ2n) is 5.61. The van der Waals surface area contributed by atoms with Crippen LogP contribution in [0.1, 0.15) is 11.1 Å². The third-order valence-electron chi connectivity index (χ3n) is 3.64. The number of nitrogens with zero attached hydrogens (tertiary/aromatic N) is 1. The normalized spacial score (nSPS) is 10.2. The monoisotopic (exact) mass is 335 g/mol. The quantitative estimate of drug-likeness (QED) is 0.649. The van der Waals surface area contributed by atoms with Gasteiger partial charge in [0.05, 0.1) is 16.9 Å². The molecule has 0 atom stereocenters. The topological polar surface area (TPSA) is 47.9 Å². The summed E-state index contributed by atoms with van der Waals surface area (Å²) in [6.07, 6.45) is 0. The summed E-state index contributed by atoms with van der Waals surface area (Å²) >= 11 is 0. The minimum atomic E-state index is -0.325. The fraction of sp³-hybridized carbons (Fsp3) is 0.0500. The summed E-state index contributed by atoms with van der Waals surface area (Å²) in [7, 11) is 0. The molecule has 3 rings (SSSR count). The van der Waals surface area contributed by atoms with Gasteiger partial charge in [0, 0.05) is 11.4 Å². The van der Waals surface area contributed by atoms with Crippen molar-refractivity contribution in [2.75, 3.05) is 10.6 Å². The first kappa shape index (κ1) is 16.5. The molecule has 3 aromatic rings. The zero-order valence-corrected chi connectivity index (χ0v) is 13.5. The lowest BCUT2D eigenvalue weighted by molar-refractivity contribution is 0.627. The molecule has 0 aliphatic heterocycles. The van der Waals surface area contributed by atoms with Crippen LogP contribution in [-0.4, -0.2) is 0 Å². The molecule has 0 spiro atoms. The lowest BCUT2D eigenvalue weighted by atomic mass is 10.1. The number of nitriles is 1. The highest BCUT2D eigenvalue weighted by Gasteiger charge is 2.11. The summed E-state index contributed by atoms with van der Waals surface area (Å²) in [6, 6.07) is 17.7. The molecule has 0 aliphatic carbocycles. The minimum Gasteiger partial charge on any atom is -0.354 e. The van der Waals surface area contributed by atoms with E-state index in [1.54, 1.807) is 24.3 Å². The number of nitrogens with one attached hydrogen (secondary N) is 2. The average molecular weight is 335 g/mol. The van der Waals surface area contributed by atoms with Crippen molar-refractivity contribution >= 4 is 22.7 Å². The molecule has 0 unspecified atom stereocenters. The molecule has 0 aliphatic rings. The van der Waals surface area contributed by atoms with Gasteiger partial charge in [-0.25, -0.2) is 8.78 Å². The van der Waals surface area contributed by atoms with Gasteiger partial charge < -0.3 is 10.6 Å². The summed E-state index contributed by atoms with van der Waals surface area (Å²) in [5.41, 5.74) is 3.93. The van der Waals surface area contributed by atoms with E-state index in [0.717, 1.165) is 5.56 Å². The predicted molar refractivity (Wildman–Crippen MR) is 95.3 cm³/mol. The zero-order valence-electron chi connectivity index (χ0n) is 13.5. The number of halogens is 2. The number of hydrogen-bond acceptors (Lipinski definition) is 3. The molecule has 2 N–H and O–H groups in total. The molecule has 5 heteroatoms. The summed E-state index contributed by atoms with van der Waals surface area (Å²) in [4.78, 5) is 0. The maximum absolute atomic E-state index is 13.1. The fourth-order valence-corrected chi connectivity index (χ4v) is 2.48. The Balaban J connectivity index is 1.96. The van der Waals surface area contributed by atoms with Crippen LogP contribution >= 0.6 is 0 Å². The Labute approximate surface area is 144 Å². The van der Waals surface area contributed by atoms with Crippen LogP contribution in [0.5, 0.6) is 0 Å². The van der Waals surface area contributed by atoms with Gasteiger partial charge in [0.2, 0.25) is 0 Å². The number of hydrogen-bond donors (Lipinski definition) is 2. The SMILES string of the molecule is Cc1cc(Nc2ccc(F)cc2)c(C#N)c(Nc2ccc(F)cc2)c1. The fourth-order valence-electron chi connectivity index (χ4n) is 2.48. The van der Waals surface area contributed by atoms with Crippen LogP contribution in [0.2, 0.25) is 0 Å². The first-order chi connectivity index (χ1) is 12.0. The average Bonchev–Trinajstić information content (AvgIpc) is 2.59. The van der Waals surface area contributed by atoms with Crippen molar-refractivity contribution in [1.82, 2.24) is 0 Å². The minimum absolute atomic E-state index is 0.325. The van der Waals surface area contributed by atoms with Crippen LogP contribution in [0.4, 0.5) is 31.5 Å². The van der Waals surface area contributed by atoms with Crippen LogP contribution in [0.3, 0.4) is 0 Å². The van der Waals surface area contributed by atoms with E-state index >= 15 is 0 Å². The van der Waals surface area contributed by atoms with Gasteiger partial charge in [-0.3, -0.25) is 0 Å². The molecule has 25 heavy (non-hydrogen) atoms. The molecule has 0 radical (unpaired) electrons. The maximum Gasteiger partial charge on any atom is 0.123 e. The lowest BCUT2D eigenvalue weighted by Gasteiger charge is -2.15. The zero-order chi connectivity index (χ0) is 17.8. The van der Waals surface area contributed by atoms with E-state index in [1.807, 2.05) is 19.1 Å². The number of anilines is 4. The Bertz CT molecular complexity index is 858. The van der Waals surface area contributed by atoms with E-state index in [9.17, 15) is 14.0 Å². The molecule has 0 amide bonds. The van der Waals surface area contributed by atoms with Gasteiger partial charge in [0.1, 0.15) is 17.7 Å². The number of benzene rings is 3. The second kappa shape index (κ2) is 7.02. The van der Waals surface area contributed by atoms with Gasteiger partial charge in [0.25, 0.3) is 0 Å². The first-order valence-corrected chi connectivity index (χ1v) is 7.65. The molecule has 124 valence electrons. The second-order valence-corrected chi connectivity index (χ2v) is 5.61. The van der Waals surface area contributed by atoms with Gasteiger partial charge in [-0.15, -0.1) is 0 Å². The van der Waals surface area contributed by atoms with Crippen molar-refractivity contribution < 1.29 is 8.78 Å². The van der Waals surface area contributed by atoms with Gasteiger partial charge >= 0.3 is 0 Å². The molecule has 0 bridgehead atoms. The van der Waals surface area contributed by atoms with Crippen molar-refractivity contribution in [3.63, 3.8) is 0 Å². The summed E-state index contributed by atoms with van der Waals surface area (Å²) in [5.74, 6) is -0.650. The van der Waals surface area contributed by atoms with Gasteiger partial charge in [-0.2, -0.15) is 5.26 Å².